The maximum absolute atomic E-state index is 12.2. The second-order valence-corrected chi connectivity index (χ2v) is 4.23. The highest BCUT2D eigenvalue weighted by Crippen LogP contribution is 2.14. The molecule has 2 rings (SSSR count). The molecule has 2 aromatic rings. The van der Waals surface area contributed by atoms with Gasteiger partial charge in [-0.2, -0.15) is 0 Å². The number of nitrogens with two attached hydrogens (primary N) is 1. The lowest BCUT2D eigenvalue weighted by atomic mass is 10.1. The van der Waals surface area contributed by atoms with Crippen molar-refractivity contribution in [2.45, 2.75) is 6.54 Å². The first kappa shape index (κ1) is 12.2. The molecular weight excluding hydrogens is 224 g/mol. The van der Waals surface area contributed by atoms with E-state index >= 15 is 0 Å². The Hall–Kier alpha value is -2.29. The SMILES string of the molecule is CN(Cc1ccccc1)C(=O)c1ccccc1N. The van der Waals surface area contributed by atoms with E-state index in [0.29, 0.717) is 17.8 Å². The molecule has 0 radical (unpaired) electrons. The number of amides is 1. The zero-order chi connectivity index (χ0) is 13.0. The highest BCUT2D eigenvalue weighted by atomic mass is 16.2. The molecule has 0 aliphatic heterocycles. The van der Waals surface area contributed by atoms with Gasteiger partial charge in [-0.15, -0.1) is 0 Å². The lowest BCUT2D eigenvalue weighted by molar-refractivity contribution is 0.0786. The molecule has 3 heteroatoms. The minimum atomic E-state index is -0.0584. The standard InChI is InChI=1S/C15H16N2O/c1-17(11-12-7-3-2-4-8-12)15(18)13-9-5-6-10-14(13)16/h2-10H,11,16H2,1H3. The van der Waals surface area contributed by atoms with Crippen LogP contribution >= 0.6 is 0 Å². The Balaban J connectivity index is 2.13. The van der Waals surface area contributed by atoms with Gasteiger partial charge in [0.05, 0.1) is 5.56 Å². The van der Waals surface area contributed by atoms with Gasteiger partial charge in [0.15, 0.2) is 0 Å². The normalized spacial score (nSPS) is 10.1. The molecule has 1 amide bonds. The molecular formula is C15H16N2O. The van der Waals surface area contributed by atoms with Gasteiger partial charge in [-0.05, 0) is 17.7 Å². The summed E-state index contributed by atoms with van der Waals surface area (Å²) in [6.07, 6.45) is 0. The molecule has 0 aliphatic rings. The molecule has 0 spiro atoms. The van der Waals surface area contributed by atoms with E-state index in [2.05, 4.69) is 0 Å². The van der Waals surface area contributed by atoms with E-state index < -0.39 is 0 Å². The van der Waals surface area contributed by atoms with Crippen molar-refractivity contribution in [2.75, 3.05) is 12.8 Å². The molecule has 0 aliphatic carbocycles. The topological polar surface area (TPSA) is 46.3 Å². The number of benzene rings is 2. The van der Waals surface area contributed by atoms with Crippen LogP contribution in [0.1, 0.15) is 15.9 Å². The van der Waals surface area contributed by atoms with Crippen molar-refractivity contribution in [3.63, 3.8) is 0 Å². The highest BCUT2D eigenvalue weighted by Gasteiger charge is 2.13. The summed E-state index contributed by atoms with van der Waals surface area (Å²) >= 11 is 0. The predicted molar refractivity (Wildman–Crippen MR) is 73.1 cm³/mol. The lowest BCUT2D eigenvalue weighted by Crippen LogP contribution is -2.26. The number of rotatable bonds is 3. The average Bonchev–Trinajstić information content (AvgIpc) is 2.39. The van der Waals surface area contributed by atoms with Crippen molar-refractivity contribution in [3.05, 3.63) is 65.7 Å². The van der Waals surface area contributed by atoms with E-state index in [1.54, 1.807) is 24.1 Å². The first-order valence-electron chi connectivity index (χ1n) is 5.82. The number of para-hydroxylation sites is 1. The van der Waals surface area contributed by atoms with Gasteiger partial charge in [0, 0.05) is 19.3 Å². The number of hydrogen-bond acceptors (Lipinski definition) is 2. The Morgan fingerprint density at radius 3 is 2.33 bits per heavy atom. The largest absolute Gasteiger partial charge is 0.398 e. The monoisotopic (exact) mass is 240 g/mol. The van der Waals surface area contributed by atoms with E-state index in [0.717, 1.165) is 5.56 Å². The van der Waals surface area contributed by atoms with Crippen LogP contribution in [-0.2, 0) is 6.54 Å². The van der Waals surface area contributed by atoms with E-state index in [9.17, 15) is 4.79 Å². The molecule has 0 unspecified atom stereocenters. The number of carbonyl (C=O) groups excluding carboxylic acids is 1. The van der Waals surface area contributed by atoms with Crippen LogP contribution in [-0.4, -0.2) is 17.9 Å². The molecule has 0 saturated heterocycles. The lowest BCUT2D eigenvalue weighted by Gasteiger charge is -2.18. The van der Waals surface area contributed by atoms with E-state index in [4.69, 9.17) is 5.73 Å². The third-order valence-electron chi connectivity index (χ3n) is 2.80. The van der Waals surface area contributed by atoms with Crippen molar-refractivity contribution in [3.8, 4) is 0 Å². The summed E-state index contributed by atoms with van der Waals surface area (Å²) in [7, 11) is 1.78. The fraction of sp³-hybridized carbons (Fsp3) is 0.133. The Bertz CT molecular complexity index is 537. The first-order valence-corrected chi connectivity index (χ1v) is 5.82. The van der Waals surface area contributed by atoms with Crippen molar-refractivity contribution in [2.24, 2.45) is 0 Å². The summed E-state index contributed by atoms with van der Waals surface area (Å²) in [5.41, 5.74) is 7.97. The number of hydrogen-bond donors (Lipinski definition) is 1. The molecule has 92 valence electrons. The van der Waals surface area contributed by atoms with Crippen molar-refractivity contribution in [1.82, 2.24) is 4.90 Å². The molecule has 3 nitrogen and oxygen atoms in total. The third-order valence-corrected chi connectivity index (χ3v) is 2.80. The van der Waals surface area contributed by atoms with Crippen molar-refractivity contribution >= 4 is 11.6 Å². The minimum absolute atomic E-state index is 0.0584. The Morgan fingerprint density at radius 2 is 1.67 bits per heavy atom. The quantitative estimate of drug-likeness (QED) is 0.838. The highest BCUT2D eigenvalue weighted by molar-refractivity contribution is 5.98. The maximum Gasteiger partial charge on any atom is 0.255 e. The van der Waals surface area contributed by atoms with Gasteiger partial charge < -0.3 is 10.6 Å². The zero-order valence-electron chi connectivity index (χ0n) is 10.3. The molecule has 0 bridgehead atoms. The second-order valence-electron chi connectivity index (χ2n) is 4.23. The zero-order valence-corrected chi connectivity index (χ0v) is 10.3. The molecule has 18 heavy (non-hydrogen) atoms. The second kappa shape index (κ2) is 5.36. The Morgan fingerprint density at radius 1 is 1.06 bits per heavy atom. The molecule has 2 N–H and O–H groups in total. The molecule has 0 heterocycles. The average molecular weight is 240 g/mol. The van der Waals surface area contributed by atoms with Gasteiger partial charge in [0.2, 0.25) is 0 Å². The fourth-order valence-corrected chi connectivity index (χ4v) is 1.83. The molecule has 0 atom stereocenters. The fourth-order valence-electron chi connectivity index (χ4n) is 1.83. The Kier molecular flexibility index (Phi) is 3.63. The number of nitrogens with zero attached hydrogens (tertiary/aromatic N) is 1. The van der Waals surface area contributed by atoms with Gasteiger partial charge >= 0.3 is 0 Å². The summed E-state index contributed by atoms with van der Waals surface area (Å²) < 4.78 is 0. The van der Waals surface area contributed by atoms with E-state index in [-0.39, 0.29) is 5.91 Å². The van der Waals surface area contributed by atoms with Gasteiger partial charge in [-0.1, -0.05) is 42.5 Å². The van der Waals surface area contributed by atoms with Gasteiger partial charge in [0.25, 0.3) is 5.91 Å². The van der Waals surface area contributed by atoms with E-state index in [1.165, 1.54) is 0 Å². The number of nitrogen functional groups attached to an aromatic ring is 1. The van der Waals surface area contributed by atoms with Crippen LogP contribution < -0.4 is 5.73 Å². The van der Waals surface area contributed by atoms with Crippen molar-refractivity contribution in [1.29, 1.82) is 0 Å². The van der Waals surface area contributed by atoms with Crippen LogP contribution in [0.4, 0.5) is 5.69 Å². The van der Waals surface area contributed by atoms with E-state index in [1.807, 2.05) is 42.5 Å². The number of anilines is 1. The summed E-state index contributed by atoms with van der Waals surface area (Å²) in [6.45, 7) is 0.577. The molecule has 0 saturated carbocycles. The van der Waals surface area contributed by atoms with Crippen LogP contribution in [0.2, 0.25) is 0 Å². The minimum Gasteiger partial charge on any atom is -0.398 e. The van der Waals surface area contributed by atoms with Crippen LogP contribution in [0.5, 0.6) is 0 Å². The summed E-state index contributed by atoms with van der Waals surface area (Å²) in [4.78, 5) is 13.9. The van der Waals surface area contributed by atoms with Crippen LogP contribution in [0.25, 0.3) is 0 Å². The molecule has 0 aromatic heterocycles. The van der Waals surface area contributed by atoms with Crippen LogP contribution in [0.3, 0.4) is 0 Å². The molecule has 0 fully saturated rings. The third kappa shape index (κ3) is 2.69. The van der Waals surface area contributed by atoms with Crippen LogP contribution in [0, 0.1) is 0 Å². The smallest absolute Gasteiger partial charge is 0.255 e. The predicted octanol–water partition coefficient (Wildman–Crippen LogP) is 2.54. The van der Waals surface area contributed by atoms with Gasteiger partial charge in [0.1, 0.15) is 0 Å². The summed E-state index contributed by atoms with van der Waals surface area (Å²) in [6, 6.07) is 17.0. The van der Waals surface area contributed by atoms with Gasteiger partial charge in [-0.25, -0.2) is 0 Å². The van der Waals surface area contributed by atoms with Crippen LogP contribution in [0.15, 0.2) is 54.6 Å². The first-order chi connectivity index (χ1) is 8.68. The van der Waals surface area contributed by atoms with Crippen molar-refractivity contribution < 1.29 is 4.79 Å². The number of carbonyl (C=O) groups is 1. The maximum atomic E-state index is 12.2. The summed E-state index contributed by atoms with van der Waals surface area (Å²) in [5.74, 6) is -0.0584. The Labute approximate surface area is 107 Å². The van der Waals surface area contributed by atoms with Gasteiger partial charge in [-0.3, -0.25) is 4.79 Å². The summed E-state index contributed by atoms with van der Waals surface area (Å²) in [5, 5.41) is 0. The molecule has 2 aromatic carbocycles.